The number of nitrogens with one attached hydrogen (secondary N) is 2. The number of methoxy groups -OCH3 is 1. The molecule has 1 unspecified atom stereocenters. The van der Waals surface area contributed by atoms with Gasteiger partial charge in [0.1, 0.15) is 6.04 Å². The summed E-state index contributed by atoms with van der Waals surface area (Å²) in [4.78, 5) is 22.9. The molecule has 1 rings (SSSR count). The van der Waals surface area contributed by atoms with Crippen LogP contribution in [0.2, 0.25) is 0 Å². The molecule has 0 aliphatic heterocycles. The van der Waals surface area contributed by atoms with E-state index < -0.39 is 17.9 Å². The predicted molar refractivity (Wildman–Crippen MR) is 61.3 cm³/mol. The summed E-state index contributed by atoms with van der Waals surface area (Å²) in [5.41, 5.74) is 6.83. The number of hydrogen-bond donors (Lipinski definition) is 3. The smallest absolute Gasteiger partial charge is 0.328 e. The van der Waals surface area contributed by atoms with Gasteiger partial charge in [0, 0.05) is 0 Å². The molecule has 0 saturated carbocycles. The number of amides is 1. The highest BCUT2D eigenvalue weighted by atomic mass is 16.5. The second-order valence-corrected chi connectivity index (χ2v) is 3.54. The number of ether oxygens (including phenoxy) is 1. The van der Waals surface area contributed by atoms with E-state index >= 15 is 0 Å². The Kier molecular flexibility index (Phi) is 4.08. The van der Waals surface area contributed by atoms with Crippen molar-refractivity contribution in [2.24, 2.45) is 0 Å². The number of H-pyrrole nitrogens is 1. The number of carbonyl (C=O) groups is 2. The molecule has 0 saturated heterocycles. The van der Waals surface area contributed by atoms with Crippen LogP contribution in [0.4, 0.5) is 5.69 Å². The summed E-state index contributed by atoms with van der Waals surface area (Å²) >= 11 is 0. The first-order valence-electron chi connectivity index (χ1n) is 5.22. The van der Waals surface area contributed by atoms with Gasteiger partial charge < -0.3 is 15.8 Å². The monoisotopic (exact) mass is 240 g/mol. The van der Waals surface area contributed by atoms with Gasteiger partial charge in [-0.1, -0.05) is 6.92 Å². The number of aryl methyl sites for hydroxylation is 1. The van der Waals surface area contributed by atoms with E-state index in [1.165, 1.54) is 14.0 Å². The molecule has 1 aromatic heterocycles. The molecule has 0 aliphatic rings. The van der Waals surface area contributed by atoms with Gasteiger partial charge >= 0.3 is 5.97 Å². The summed E-state index contributed by atoms with van der Waals surface area (Å²) in [6, 6.07) is -0.742. The molecule has 1 amide bonds. The first-order valence-corrected chi connectivity index (χ1v) is 5.22. The third-order valence-electron chi connectivity index (χ3n) is 2.35. The van der Waals surface area contributed by atoms with Crippen LogP contribution in [-0.4, -0.2) is 35.2 Å². The van der Waals surface area contributed by atoms with Crippen molar-refractivity contribution >= 4 is 17.6 Å². The van der Waals surface area contributed by atoms with Crippen LogP contribution in [-0.2, 0) is 16.0 Å². The van der Waals surface area contributed by atoms with Gasteiger partial charge in [-0.25, -0.2) is 4.79 Å². The van der Waals surface area contributed by atoms with Gasteiger partial charge in [0.15, 0.2) is 5.69 Å². The Labute approximate surface area is 98.7 Å². The quantitative estimate of drug-likeness (QED) is 0.634. The summed E-state index contributed by atoms with van der Waals surface area (Å²) in [6.07, 6.45) is 0.651. The van der Waals surface area contributed by atoms with Gasteiger partial charge in [-0.3, -0.25) is 9.89 Å². The van der Waals surface area contributed by atoms with Crippen LogP contribution in [0.25, 0.3) is 0 Å². The molecular weight excluding hydrogens is 224 g/mol. The fraction of sp³-hybridized carbons (Fsp3) is 0.500. The van der Waals surface area contributed by atoms with Crippen LogP contribution < -0.4 is 11.1 Å². The number of carbonyl (C=O) groups excluding carboxylic acids is 2. The summed E-state index contributed by atoms with van der Waals surface area (Å²) in [6.45, 7) is 3.41. The van der Waals surface area contributed by atoms with Crippen LogP contribution in [0.1, 0.15) is 30.0 Å². The molecule has 0 aliphatic carbocycles. The first-order chi connectivity index (χ1) is 8.01. The van der Waals surface area contributed by atoms with E-state index in [-0.39, 0.29) is 5.69 Å². The van der Waals surface area contributed by atoms with E-state index in [4.69, 9.17) is 5.73 Å². The fourth-order valence-electron chi connectivity index (χ4n) is 1.33. The molecule has 0 bridgehead atoms. The van der Waals surface area contributed by atoms with E-state index in [0.717, 1.165) is 0 Å². The molecule has 94 valence electrons. The largest absolute Gasteiger partial charge is 0.467 e. The zero-order valence-corrected chi connectivity index (χ0v) is 10.0. The number of esters is 1. The number of nitrogen functional groups attached to an aromatic ring is 1. The predicted octanol–water partition coefficient (Wildman–Crippen LogP) is -0.154. The summed E-state index contributed by atoms with van der Waals surface area (Å²) in [5.74, 6) is -1.03. The van der Waals surface area contributed by atoms with Gasteiger partial charge in [-0.15, -0.1) is 0 Å². The summed E-state index contributed by atoms with van der Waals surface area (Å²) < 4.78 is 4.49. The average molecular weight is 240 g/mol. The van der Waals surface area contributed by atoms with Crippen molar-refractivity contribution in [3.05, 3.63) is 11.4 Å². The van der Waals surface area contributed by atoms with Crippen LogP contribution in [0.5, 0.6) is 0 Å². The number of aromatic nitrogens is 2. The lowest BCUT2D eigenvalue weighted by Crippen LogP contribution is -2.39. The Balaban J connectivity index is 2.76. The van der Waals surface area contributed by atoms with Crippen molar-refractivity contribution in [2.45, 2.75) is 26.3 Å². The maximum absolute atomic E-state index is 11.7. The fourth-order valence-corrected chi connectivity index (χ4v) is 1.33. The van der Waals surface area contributed by atoms with Crippen LogP contribution >= 0.6 is 0 Å². The van der Waals surface area contributed by atoms with E-state index in [2.05, 4.69) is 20.3 Å². The van der Waals surface area contributed by atoms with Gasteiger partial charge in [0.25, 0.3) is 5.91 Å². The lowest BCUT2D eigenvalue weighted by molar-refractivity contribution is -0.142. The molecule has 1 aromatic rings. The van der Waals surface area contributed by atoms with E-state index in [1.807, 2.05) is 6.92 Å². The molecule has 0 radical (unpaired) electrons. The molecule has 4 N–H and O–H groups in total. The molecule has 0 aromatic carbocycles. The molecule has 0 fully saturated rings. The summed E-state index contributed by atoms with van der Waals surface area (Å²) in [5, 5.41) is 8.93. The van der Waals surface area contributed by atoms with Crippen LogP contribution in [0, 0.1) is 0 Å². The zero-order valence-electron chi connectivity index (χ0n) is 10.0. The van der Waals surface area contributed by atoms with Crippen molar-refractivity contribution < 1.29 is 14.3 Å². The Morgan fingerprint density at radius 3 is 2.71 bits per heavy atom. The van der Waals surface area contributed by atoms with Crippen molar-refractivity contribution in [2.75, 3.05) is 12.8 Å². The number of anilines is 1. The second-order valence-electron chi connectivity index (χ2n) is 3.54. The number of nitrogens with zero attached hydrogens (tertiary/aromatic N) is 1. The van der Waals surface area contributed by atoms with Crippen molar-refractivity contribution in [1.29, 1.82) is 0 Å². The van der Waals surface area contributed by atoms with Gasteiger partial charge in [0.2, 0.25) is 0 Å². The molecule has 0 spiro atoms. The lowest BCUT2D eigenvalue weighted by atomic mass is 10.2. The van der Waals surface area contributed by atoms with E-state index in [0.29, 0.717) is 17.8 Å². The molecule has 7 heteroatoms. The Bertz CT molecular complexity index is 427. The van der Waals surface area contributed by atoms with E-state index in [9.17, 15) is 9.59 Å². The van der Waals surface area contributed by atoms with Gasteiger partial charge in [-0.05, 0) is 13.3 Å². The van der Waals surface area contributed by atoms with Crippen molar-refractivity contribution in [3.63, 3.8) is 0 Å². The third kappa shape index (κ3) is 2.74. The van der Waals surface area contributed by atoms with Crippen molar-refractivity contribution in [3.8, 4) is 0 Å². The van der Waals surface area contributed by atoms with Crippen molar-refractivity contribution in [1.82, 2.24) is 15.5 Å². The lowest BCUT2D eigenvalue weighted by Gasteiger charge is -2.10. The van der Waals surface area contributed by atoms with Gasteiger partial charge in [0.05, 0.1) is 18.5 Å². The topological polar surface area (TPSA) is 110 Å². The standard InChI is InChI=1S/C10H16N4O3/c1-4-6-7(11)8(14-13-6)9(15)12-5(2)10(16)17-3/h5H,4,11H2,1-3H3,(H,12,15)(H,13,14). The SMILES string of the molecule is CCc1[nH]nc(C(=O)NC(C)C(=O)OC)c1N. The zero-order chi connectivity index (χ0) is 13.0. The number of hydrogen-bond acceptors (Lipinski definition) is 5. The molecule has 1 atom stereocenters. The van der Waals surface area contributed by atoms with Gasteiger partial charge in [-0.2, -0.15) is 5.10 Å². The molecular formula is C10H16N4O3. The number of nitrogens with two attached hydrogens (primary N) is 1. The second kappa shape index (κ2) is 5.33. The first kappa shape index (κ1) is 13.0. The Morgan fingerprint density at radius 2 is 2.24 bits per heavy atom. The maximum atomic E-state index is 11.7. The molecule has 7 nitrogen and oxygen atoms in total. The van der Waals surface area contributed by atoms with Crippen LogP contribution in [0.3, 0.4) is 0 Å². The number of aromatic amines is 1. The Morgan fingerprint density at radius 1 is 1.59 bits per heavy atom. The highest BCUT2D eigenvalue weighted by Crippen LogP contribution is 2.14. The normalized spacial score (nSPS) is 11.9. The minimum atomic E-state index is -0.742. The number of rotatable bonds is 4. The minimum Gasteiger partial charge on any atom is -0.467 e. The summed E-state index contributed by atoms with van der Waals surface area (Å²) in [7, 11) is 1.25. The highest BCUT2D eigenvalue weighted by Gasteiger charge is 2.21. The maximum Gasteiger partial charge on any atom is 0.328 e. The third-order valence-corrected chi connectivity index (χ3v) is 2.35. The van der Waals surface area contributed by atoms with E-state index in [1.54, 1.807) is 0 Å². The van der Waals surface area contributed by atoms with Crippen LogP contribution in [0.15, 0.2) is 0 Å². The molecule has 17 heavy (non-hydrogen) atoms. The highest BCUT2D eigenvalue weighted by molar-refractivity contribution is 5.99. The average Bonchev–Trinajstić information content (AvgIpc) is 2.69. The minimum absolute atomic E-state index is 0.0950. The molecule has 1 heterocycles. The Hall–Kier alpha value is -2.05.